The molecule has 0 saturated heterocycles. The second-order valence-corrected chi connectivity index (χ2v) is 5.38. The largest absolute Gasteiger partial charge is 0.490 e. The lowest BCUT2D eigenvalue weighted by Gasteiger charge is -2.12. The zero-order valence-electron chi connectivity index (χ0n) is 14.3. The Morgan fingerprint density at radius 3 is 2.25 bits per heavy atom. The predicted octanol–water partition coefficient (Wildman–Crippen LogP) is 3.69. The smallest absolute Gasteiger partial charge is 0.161 e. The summed E-state index contributed by atoms with van der Waals surface area (Å²) in [7, 11) is 0. The summed E-state index contributed by atoms with van der Waals surface area (Å²) >= 11 is 0. The summed E-state index contributed by atoms with van der Waals surface area (Å²) < 4.78 is 11.2. The highest BCUT2D eigenvalue weighted by molar-refractivity contribution is 5.43. The minimum absolute atomic E-state index is 0.625. The molecule has 0 amide bonds. The second-order valence-electron chi connectivity index (χ2n) is 5.38. The summed E-state index contributed by atoms with van der Waals surface area (Å²) in [4.78, 5) is 0. The van der Waals surface area contributed by atoms with Crippen LogP contribution in [0.2, 0.25) is 0 Å². The Kier molecular flexibility index (Phi) is 7.13. The number of ether oxygens (including phenoxy) is 2. The lowest BCUT2D eigenvalue weighted by atomic mass is 10.1. The van der Waals surface area contributed by atoms with Gasteiger partial charge in [-0.15, -0.1) is 0 Å². The third-order valence-electron chi connectivity index (χ3n) is 3.61. The number of rotatable bonds is 9. The van der Waals surface area contributed by atoms with Crippen LogP contribution in [0.5, 0.6) is 11.5 Å². The molecule has 0 aliphatic carbocycles. The molecule has 4 heteroatoms. The summed E-state index contributed by atoms with van der Waals surface area (Å²) in [6, 6.07) is 15.9. The maximum atomic E-state index is 8.80. The number of nitrogens with zero attached hydrogens (tertiary/aromatic N) is 1. The molecule has 4 nitrogen and oxygen atoms in total. The molecule has 2 rings (SSSR count). The zero-order valence-corrected chi connectivity index (χ0v) is 14.3. The average Bonchev–Trinajstić information content (AvgIpc) is 2.61. The first-order valence-electron chi connectivity index (χ1n) is 8.35. The van der Waals surface area contributed by atoms with Gasteiger partial charge in [-0.1, -0.05) is 18.2 Å². The van der Waals surface area contributed by atoms with Crippen molar-refractivity contribution in [1.82, 2.24) is 5.32 Å². The summed E-state index contributed by atoms with van der Waals surface area (Å²) in [6.45, 7) is 6.87. The van der Waals surface area contributed by atoms with Gasteiger partial charge in [0.05, 0.1) is 24.8 Å². The minimum Gasteiger partial charge on any atom is -0.490 e. The van der Waals surface area contributed by atoms with Crippen LogP contribution in [0.25, 0.3) is 0 Å². The van der Waals surface area contributed by atoms with Crippen molar-refractivity contribution >= 4 is 0 Å². The Morgan fingerprint density at radius 1 is 0.917 bits per heavy atom. The number of hydrogen-bond acceptors (Lipinski definition) is 4. The van der Waals surface area contributed by atoms with E-state index in [1.54, 1.807) is 0 Å². The SMILES string of the molecule is CCOc1ccc(CCNCc2ccc(C#N)cc2)cc1OCC. The summed E-state index contributed by atoms with van der Waals surface area (Å²) in [5.74, 6) is 1.61. The van der Waals surface area contributed by atoms with Crippen molar-refractivity contribution in [3.63, 3.8) is 0 Å². The monoisotopic (exact) mass is 324 g/mol. The van der Waals surface area contributed by atoms with Crippen LogP contribution in [0.1, 0.15) is 30.5 Å². The second kappa shape index (κ2) is 9.59. The van der Waals surface area contributed by atoms with E-state index >= 15 is 0 Å². The molecule has 0 radical (unpaired) electrons. The van der Waals surface area contributed by atoms with Gasteiger partial charge >= 0.3 is 0 Å². The highest BCUT2D eigenvalue weighted by Crippen LogP contribution is 2.28. The van der Waals surface area contributed by atoms with E-state index in [4.69, 9.17) is 14.7 Å². The Hall–Kier alpha value is -2.51. The van der Waals surface area contributed by atoms with Crippen LogP contribution in [-0.4, -0.2) is 19.8 Å². The number of nitriles is 1. The highest BCUT2D eigenvalue weighted by Gasteiger charge is 2.06. The van der Waals surface area contributed by atoms with Crippen molar-refractivity contribution in [2.24, 2.45) is 0 Å². The first-order valence-corrected chi connectivity index (χ1v) is 8.35. The normalized spacial score (nSPS) is 10.2. The summed E-state index contributed by atoms with van der Waals surface area (Å²) in [5, 5.41) is 12.2. The maximum absolute atomic E-state index is 8.80. The fourth-order valence-corrected chi connectivity index (χ4v) is 2.41. The standard InChI is InChI=1S/C20H24N2O2/c1-3-23-19-10-9-16(13-20(19)24-4-2)11-12-22-15-18-7-5-17(14-21)6-8-18/h5-10,13,22H,3-4,11-12,15H2,1-2H3. The number of benzene rings is 2. The summed E-state index contributed by atoms with van der Waals surface area (Å²) in [6.07, 6.45) is 0.919. The molecule has 0 atom stereocenters. The van der Waals surface area contributed by atoms with Gasteiger partial charge in [0.25, 0.3) is 0 Å². The van der Waals surface area contributed by atoms with Crippen molar-refractivity contribution in [1.29, 1.82) is 5.26 Å². The van der Waals surface area contributed by atoms with Gasteiger partial charge < -0.3 is 14.8 Å². The Morgan fingerprint density at radius 2 is 1.58 bits per heavy atom. The van der Waals surface area contributed by atoms with Crippen LogP contribution in [0.4, 0.5) is 0 Å². The van der Waals surface area contributed by atoms with Crippen LogP contribution in [0.15, 0.2) is 42.5 Å². The van der Waals surface area contributed by atoms with Crippen molar-refractivity contribution in [3.05, 3.63) is 59.2 Å². The van der Waals surface area contributed by atoms with E-state index in [1.165, 1.54) is 11.1 Å². The van der Waals surface area contributed by atoms with Gasteiger partial charge in [-0.05, 0) is 62.2 Å². The third-order valence-corrected chi connectivity index (χ3v) is 3.61. The first kappa shape index (κ1) is 17.8. The van der Waals surface area contributed by atoms with Crippen LogP contribution in [0, 0.1) is 11.3 Å². The molecule has 0 aliphatic heterocycles. The molecule has 0 heterocycles. The molecule has 0 unspecified atom stereocenters. The van der Waals surface area contributed by atoms with Gasteiger partial charge in [-0.25, -0.2) is 0 Å². The fraction of sp³-hybridized carbons (Fsp3) is 0.350. The molecule has 2 aromatic carbocycles. The maximum Gasteiger partial charge on any atom is 0.161 e. The van der Waals surface area contributed by atoms with Gasteiger partial charge in [0.15, 0.2) is 11.5 Å². The highest BCUT2D eigenvalue weighted by atomic mass is 16.5. The van der Waals surface area contributed by atoms with Gasteiger partial charge in [0, 0.05) is 6.54 Å². The molecule has 24 heavy (non-hydrogen) atoms. The average molecular weight is 324 g/mol. The van der Waals surface area contributed by atoms with Crippen molar-refractivity contribution in [2.45, 2.75) is 26.8 Å². The van der Waals surface area contributed by atoms with Gasteiger partial charge in [-0.3, -0.25) is 0 Å². The quantitative estimate of drug-likeness (QED) is 0.715. The van der Waals surface area contributed by atoms with Crippen LogP contribution in [0.3, 0.4) is 0 Å². The van der Waals surface area contributed by atoms with E-state index < -0.39 is 0 Å². The first-order chi connectivity index (χ1) is 11.8. The van der Waals surface area contributed by atoms with E-state index in [9.17, 15) is 0 Å². The molecule has 0 aliphatic rings. The van der Waals surface area contributed by atoms with E-state index in [0.717, 1.165) is 31.0 Å². The molecule has 0 aromatic heterocycles. The van der Waals surface area contributed by atoms with E-state index in [0.29, 0.717) is 18.8 Å². The van der Waals surface area contributed by atoms with Gasteiger partial charge in [0.1, 0.15) is 0 Å². The summed E-state index contributed by atoms with van der Waals surface area (Å²) in [5.41, 5.74) is 3.08. The number of nitrogens with one attached hydrogen (secondary N) is 1. The van der Waals surface area contributed by atoms with E-state index in [-0.39, 0.29) is 0 Å². The lowest BCUT2D eigenvalue weighted by Crippen LogP contribution is -2.16. The van der Waals surface area contributed by atoms with Crippen molar-refractivity contribution in [2.75, 3.05) is 19.8 Å². The minimum atomic E-state index is 0.625. The van der Waals surface area contributed by atoms with Gasteiger partial charge in [-0.2, -0.15) is 5.26 Å². The van der Waals surface area contributed by atoms with Crippen molar-refractivity contribution in [3.8, 4) is 17.6 Å². The zero-order chi connectivity index (χ0) is 17.2. The van der Waals surface area contributed by atoms with Gasteiger partial charge in [0.2, 0.25) is 0 Å². The molecular weight excluding hydrogens is 300 g/mol. The molecule has 0 saturated carbocycles. The lowest BCUT2D eigenvalue weighted by molar-refractivity contribution is 0.287. The topological polar surface area (TPSA) is 54.3 Å². The van der Waals surface area contributed by atoms with Crippen LogP contribution in [-0.2, 0) is 13.0 Å². The predicted molar refractivity (Wildman–Crippen MR) is 95.3 cm³/mol. The Balaban J connectivity index is 1.84. The molecule has 1 N–H and O–H groups in total. The Labute approximate surface area is 144 Å². The van der Waals surface area contributed by atoms with Crippen molar-refractivity contribution < 1.29 is 9.47 Å². The molecule has 0 fully saturated rings. The molecule has 126 valence electrons. The Bertz CT molecular complexity index is 675. The third kappa shape index (κ3) is 5.29. The fourth-order valence-electron chi connectivity index (χ4n) is 2.41. The van der Waals surface area contributed by atoms with E-state index in [2.05, 4.69) is 23.5 Å². The molecule has 0 spiro atoms. The van der Waals surface area contributed by atoms with E-state index in [1.807, 2.05) is 44.2 Å². The van der Waals surface area contributed by atoms with Crippen LogP contribution >= 0.6 is 0 Å². The number of hydrogen-bond donors (Lipinski definition) is 1. The molecule has 2 aromatic rings. The molecule has 0 bridgehead atoms. The molecular formula is C20H24N2O2. The van der Waals surface area contributed by atoms with Crippen LogP contribution < -0.4 is 14.8 Å².